The fourth-order valence-electron chi connectivity index (χ4n) is 9.97. The van der Waals surface area contributed by atoms with Crippen LogP contribution in [0.5, 0.6) is 11.5 Å². The van der Waals surface area contributed by atoms with Crippen molar-refractivity contribution in [1.29, 1.82) is 0 Å². The number of rotatable bonds is 12. The van der Waals surface area contributed by atoms with Crippen molar-refractivity contribution >= 4 is 58.1 Å². The molecule has 1 saturated heterocycles. The number of aliphatic hydroxyl groups is 1. The highest BCUT2D eigenvalue weighted by Gasteiger charge is 2.66. The third-order valence-corrected chi connectivity index (χ3v) is 17.8. The number of hydrogen-bond donors (Lipinski definition) is 1. The van der Waals surface area contributed by atoms with Gasteiger partial charge in [-0.25, -0.2) is 0 Å². The Morgan fingerprint density at radius 3 is 2.48 bits per heavy atom. The Morgan fingerprint density at radius 1 is 0.934 bits per heavy atom. The highest BCUT2D eigenvalue weighted by Crippen LogP contribution is 2.60. The minimum atomic E-state index is -2.41. The summed E-state index contributed by atoms with van der Waals surface area (Å²) in [6, 6.07) is 39.6. The Balaban J connectivity index is 1.06. The maximum absolute atomic E-state index is 15.5. The smallest absolute Gasteiger partial charge is 0.269 e. The molecule has 5 aromatic carbocycles. The van der Waals surface area contributed by atoms with E-state index in [1.165, 1.54) is 5.19 Å². The van der Waals surface area contributed by atoms with E-state index in [4.69, 9.17) is 14.2 Å². The monoisotopic (exact) mass is 897 g/mol. The van der Waals surface area contributed by atoms with Crippen molar-refractivity contribution in [3.05, 3.63) is 154 Å². The van der Waals surface area contributed by atoms with Gasteiger partial charge in [-0.15, -0.1) is 5.10 Å². The first-order valence-corrected chi connectivity index (χ1v) is 24.5. The van der Waals surface area contributed by atoms with Crippen molar-refractivity contribution in [2.45, 2.75) is 62.7 Å². The molecular weight excluding hydrogens is 851 g/mol. The SMILES string of the molecule is COc1ccc([Si](C)(C)[C@H]2[C@H](CCn3cc(C(CO)c4ccccc4)nn3)O[C@@]3(C(=O)N(Cc4cccc(N5C(=O)COc6ccccc65)c4)c4ccc(Br)cc43)[C@@H]2C)cc1. The van der Waals surface area contributed by atoms with Gasteiger partial charge in [0.2, 0.25) is 0 Å². The molecule has 3 aliphatic rings. The molecule has 0 bridgehead atoms. The van der Waals surface area contributed by atoms with Gasteiger partial charge < -0.3 is 24.2 Å². The van der Waals surface area contributed by atoms with E-state index in [2.05, 4.69) is 58.4 Å². The lowest BCUT2D eigenvalue weighted by Crippen LogP contribution is -2.51. The predicted molar refractivity (Wildman–Crippen MR) is 240 cm³/mol. The van der Waals surface area contributed by atoms with Crippen molar-refractivity contribution in [2.24, 2.45) is 5.92 Å². The maximum Gasteiger partial charge on any atom is 0.269 e. The van der Waals surface area contributed by atoms with Crippen molar-refractivity contribution < 1.29 is 28.9 Å². The fraction of sp³-hybridized carbons (Fsp3) is 0.292. The lowest BCUT2D eigenvalue weighted by Gasteiger charge is -2.37. The van der Waals surface area contributed by atoms with Crippen molar-refractivity contribution in [3.63, 3.8) is 0 Å². The molecule has 1 spiro atoms. The summed E-state index contributed by atoms with van der Waals surface area (Å²) in [6.07, 6.45) is 2.20. The van der Waals surface area contributed by atoms with Gasteiger partial charge >= 0.3 is 0 Å². The van der Waals surface area contributed by atoms with Gasteiger partial charge in [0.15, 0.2) is 12.2 Å². The topological polar surface area (TPSA) is 119 Å². The number of aromatic nitrogens is 3. The van der Waals surface area contributed by atoms with Gasteiger partial charge in [-0.2, -0.15) is 0 Å². The number of hydrogen-bond acceptors (Lipinski definition) is 8. The second-order valence-electron chi connectivity index (χ2n) is 16.7. The maximum atomic E-state index is 15.5. The molecular formula is C48H48BrN5O6Si. The Morgan fingerprint density at radius 2 is 1.70 bits per heavy atom. The molecule has 4 heterocycles. The molecule has 9 rings (SSSR count). The number of amides is 2. The number of benzene rings is 5. The number of fused-ring (bicyclic) bond motifs is 3. The molecule has 312 valence electrons. The predicted octanol–water partition coefficient (Wildman–Crippen LogP) is 8.08. The molecule has 61 heavy (non-hydrogen) atoms. The standard InChI is InChI=1S/C48H48BrN5O6Si/c1-31-46(61(3,4)37-20-18-36(58-2)19-21-37)44(23-24-52-28-40(50-51-52)38(29-55)33-12-6-5-7-13-33)60-48(31)39-26-34(49)17-22-41(39)53(47(48)57)27-32-11-10-14-35(25-32)54-42-15-8-9-16-43(42)59-30-45(54)56/h5-22,25-26,28,31,38,44,46,55H,23-24,27,29-30H2,1-4H3/t31-,38?,44+,46-,48+/m1/s1. The number of anilines is 3. The molecule has 0 saturated carbocycles. The number of ether oxygens (including phenoxy) is 3. The van der Waals surface area contributed by atoms with Crippen LogP contribution in [-0.4, -0.2) is 66.4 Å². The van der Waals surface area contributed by atoms with Gasteiger partial charge in [0.25, 0.3) is 11.8 Å². The number of nitrogens with zero attached hydrogens (tertiary/aromatic N) is 5. The lowest BCUT2D eigenvalue weighted by atomic mass is 9.82. The summed E-state index contributed by atoms with van der Waals surface area (Å²) in [5, 5.41) is 20.6. The van der Waals surface area contributed by atoms with Crippen LogP contribution in [0.25, 0.3) is 0 Å². The van der Waals surface area contributed by atoms with E-state index in [-0.39, 0.29) is 55.1 Å². The van der Waals surface area contributed by atoms with E-state index < -0.39 is 13.7 Å². The first-order valence-electron chi connectivity index (χ1n) is 20.7. The summed E-state index contributed by atoms with van der Waals surface area (Å²) < 4.78 is 21.4. The van der Waals surface area contributed by atoms with E-state index in [1.54, 1.807) is 12.0 Å². The largest absolute Gasteiger partial charge is 0.497 e. The zero-order valence-electron chi connectivity index (χ0n) is 34.6. The molecule has 13 heteroatoms. The second-order valence-corrected chi connectivity index (χ2v) is 22.3. The average molecular weight is 899 g/mol. The number of para-hydroxylation sites is 2. The number of carbonyl (C=O) groups is 2. The molecule has 11 nitrogen and oxygen atoms in total. The van der Waals surface area contributed by atoms with E-state index in [0.29, 0.717) is 35.8 Å². The first kappa shape index (κ1) is 40.8. The van der Waals surface area contributed by atoms with Crippen LogP contribution in [0.1, 0.15) is 41.6 Å². The van der Waals surface area contributed by atoms with Crippen LogP contribution in [0, 0.1) is 5.92 Å². The minimum absolute atomic E-state index is 0.0184. The third kappa shape index (κ3) is 7.16. The molecule has 1 fully saturated rings. The fourth-order valence-corrected chi connectivity index (χ4v) is 14.4. The molecule has 6 aromatic rings. The quantitative estimate of drug-likeness (QED) is 0.123. The van der Waals surface area contributed by atoms with Crippen LogP contribution in [0.3, 0.4) is 0 Å². The molecule has 0 radical (unpaired) electrons. The van der Waals surface area contributed by atoms with Gasteiger partial charge in [-0.1, -0.05) is 113 Å². The lowest BCUT2D eigenvalue weighted by molar-refractivity contribution is -0.146. The number of methoxy groups -OCH3 is 1. The minimum Gasteiger partial charge on any atom is -0.497 e. The Kier molecular flexibility index (Phi) is 10.9. The Hall–Kier alpha value is -5.60. The van der Waals surface area contributed by atoms with Crippen molar-refractivity contribution in [2.75, 3.05) is 30.1 Å². The number of aliphatic hydroxyl groups excluding tert-OH is 1. The van der Waals surface area contributed by atoms with E-state index >= 15 is 4.79 Å². The summed E-state index contributed by atoms with van der Waals surface area (Å²) in [5.74, 6) is 0.675. The Bertz CT molecular complexity index is 2590. The van der Waals surface area contributed by atoms with Crippen LogP contribution in [-0.2, 0) is 33.0 Å². The van der Waals surface area contributed by atoms with Gasteiger partial charge in [-0.3, -0.25) is 19.2 Å². The van der Waals surface area contributed by atoms with E-state index in [9.17, 15) is 9.90 Å². The van der Waals surface area contributed by atoms with Gasteiger partial charge in [0, 0.05) is 34.4 Å². The summed E-state index contributed by atoms with van der Waals surface area (Å²) in [5.41, 5.74) is 4.34. The molecule has 1 aromatic heterocycles. The molecule has 5 atom stereocenters. The van der Waals surface area contributed by atoms with Crippen LogP contribution in [0.4, 0.5) is 17.1 Å². The summed E-state index contributed by atoms with van der Waals surface area (Å²) in [7, 11) is -0.741. The zero-order valence-corrected chi connectivity index (χ0v) is 37.2. The molecule has 2 amide bonds. The first-order chi connectivity index (χ1) is 29.5. The van der Waals surface area contributed by atoms with Crippen LogP contribution in [0.15, 0.2) is 132 Å². The van der Waals surface area contributed by atoms with Crippen LogP contribution < -0.4 is 24.5 Å². The average Bonchev–Trinajstić information content (AvgIpc) is 3.93. The normalized spacial score (nSPS) is 21.4. The van der Waals surface area contributed by atoms with Gasteiger partial charge in [0.05, 0.1) is 57.4 Å². The number of carbonyl (C=O) groups excluding carboxylic acids is 2. The molecule has 1 unspecified atom stereocenters. The third-order valence-electron chi connectivity index (χ3n) is 13.0. The number of halogens is 1. The van der Waals surface area contributed by atoms with E-state index in [1.807, 2.05) is 125 Å². The highest BCUT2D eigenvalue weighted by molar-refractivity contribution is 9.10. The molecule has 3 aliphatic heterocycles. The second kappa shape index (κ2) is 16.3. The molecule has 1 N–H and O–H groups in total. The number of aryl methyl sites for hydroxylation is 1. The van der Waals surface area contributed by atoms with Crippen molar-refractivity contribution in [3.8, 4) is 11.5 Å². The van der Waals surface area contributed by atoms with Crippen LogP contribution >= 0.6 is 15.9 Å². The summed E-state index contributed by atoms with van der Waals surface area (Å²) >= 11 is 3.74. The van der Waals surface area contributed by atoms with Gasteiger partial charge in [0.1, 0.15) is 11.5 Å². The van der Waals surface area contributed by atoms with E-state index in [0.717, 1.165) is 32.6 Å². The summed E-state index contributed by atoms with van der Waals surface area (Å²) in [6.45, 7) is 7.59. The van der Waals surface area contributed by atoms with Gasteiger partial charge in [-0.05, 0) is 77.7 Å². The van der Waals surface area contributed by atoms with Crippen molar-refractivity contribution in [1.82, 2.24) is 15.0 Å². The molecule has 0 aliphatic carbocycles. The summed E-state index contributed by atoms with van der Waals surface area (Å²) in [4.78, 5) is 32.4. The van der Waals surface area contributed by atoms with Crippen LogP contribution in [0.2, 0.25) is 18.6 Å². The zero-order chi connectivity index (χ0) is 42.5. The highest BCUT2D eigenvalue weighted by atomic mass is 79.9. The Labute approximate surface area is 365 Å².